The van der Waals surface area contributed by atoms with E-state index in [0.29, 0.717) is 99.3 Å². The number of imide groups is 2. The predicted molar refractivity (Wildman–Crippen MR) is 238 cm³/mol. The van der Waals surface area contributed by atoms with Gasteiger partial charge in [-0.2, -0.15) is 0 Å². The third-order valence-electron chi connectivity index (χ3n) is 11.4. The summed E-state index contributed by atoms with van der Waals surface area (Å²) >= 11 is 0. The summed E-state index contributed by atoms with van der Waals surface area (Å²) in [6.07, 6.45) is 6.91. The third kappa shape index (κ3) is 10.2. The molecule has 2 atom stereocenters. The van der Waals surface area contributed by atoms with Crippen LogP contribution in [0.2, 0.25) is 0 Å². The molecule has 344 valence electrons. The molecule has 20 nitrogen and oxygen atoms in total. The van der Waals surface area contributed by atoms with Gasteiger partial charge in [0.1, 0.15) is 34.7 Å². The van der Waals surface area contributed by atoms with Crippen molar-refractivity contribution in [3.63, 3.8) is 0 Å². The molecule has 0 radical (unpaired) electrons. The largest absolute Gasteiger partial charge is 0.382 e. The Morgan fingerprint density at radius 3 is 2.26 bits per heavy atom. The minimum Gasteiger partial charge on any atom is -0.382 e. The van der Waals surface area contributed by atoms with Gasteiger partial charge in [-0.05, 0) is 55.7 Å². The molecule has 0 saturated carbocycles. The number of aromatic nitrogens is 4. The number of pyridine rings is 1. The zero-order valence-electron chi connectivity index (χ0n) is 36.1. The molecule has 6 heterocycles. The predicted octanol–water partition coefficient (Wildman–Crippen LogP) is 3.26. The van der Waals surface area contributed by atoms with Crippen LogP contribution in [0.5, 0.6) is 0 Å². The second-order valence-corrected chi connectivity index (χ2v) is 15.6. The first-order chi connectivity index (χ1) is 32.2. The van der Waals surface area contributed by atoms with Crippen LogP contribution in [0.3, 0.4) is 0 Å². The smallest absolute Gasteiger partial charge is 0.264 e. The number of amides is 6. The van der Waals surface area contributed by atoms with E-state index in [1.165, 1.54) is 0 Å². The van der Waals surface area contributed by atoms with Gasteiger partial charge in [-0.3, -0.25) is 43.4 Å². The number of likely N-dealkylation sites (tertiary alicyclic amines) is 1. The Morgan fingerprint density at radius 2 is 1.53 bits per heavy atom. The first-order valence-corrected chi connectivity index (χ1v) is 21.8. The molecule has 1 unspecified atom stereocenters. The van der Waals surface area contributed by atoms with Crippen LogP contribution in [0.1, 0.15) is 75.0 Å². The average Bonchev–Trinajstić information content (AvgIpc) is 4.03. The van der Waals surface area contributed by atoms with Crippen molar-refractivity contribution in [3.05, 3.63) is 102 Å². The van der Waals surface area contributed by atoms with Gasteiger partial charge in [-0.1, -0.05) is 24.3 Å². The molecule has 0 bridgehead atoms. The number of anilines is 3. The maximum Gasteiger partial charge on any atom is 0.264 e. The number of fused-ring (bicyclic) bond motifs is 2. The Kier molecular flexibility index (Phi) is 14.6. The van der Waals surface area contributed by atoms with Gasteiger partial charge < -0.3 is 40.2 Å². The van der Waals surface area contributed by atoms with Crippen molar-refractivity contribution < 1.29 is 47.7 Å². The second-order valence-electron chi connectivity index (χ2n) is 15.6. The SMILES string of the molecule is Nc1nccn2c([C@@H]3CCCN3C(=O)CCOCCOCCOCCOCCNc3cccc4c3C(=O)N(C3CCC(=O)NC3=O)C4=O)nc(-c3ccc(C(=O)Nc4ccccn4)cc3)c12. The number of ether oxygens (including phenoxy) is 4. The van der Waals surface area contributed by atoms with Gasteiger partial charge in [-0.15, -0.1) is 0 Å². The number of nitrogens with zero attached hydrogens (tertiary/aromatic N) is 6. The van der Waals surface area contributed by atoms with Gasteiger partial charge in [0.2, 0.25) is 17.7 Å². The van der Waals surface area contributed by atoms with Gasteiger partial charge in [0.25, 0.3) is 17.7 Å². The molecule has 3 aliphatic heterocycles. The van der Waals surface area contributed by atoms with Crippen molar-refractivity contribution in [1.82, 2.24) is 34.5 Å². The molecule has 2 saturated heterocycles. The lowest BCUT2D eigenvalue weighted by Crippen LogP contribution is -2.54. The van der Waals surface area contributed by atoms with Crippen LogP contribution in [-0.4, -0.2) is 137 Å². The second kappa shape index (κ2) is 21.2. The number of piperidine rings is 1. The number of carbonyl (C=O) groups excluding carboxylic acids is 6. The Labute approximate surface area is 379 Å². The van der Waals surface area contributed by atoms with E-state index < -0.39 is 29.7 Å². The molecule has 2 fully saturated rings. The van der Waals surface area contributed by atoms with Crippen LogP contribution < -0.4 is 21.7 Å². The number of imidazole rings is 1. The molecule has 2 aromatic carbocycles. The van der Waals surface area contributed by atoms with E-state index in [4.69, 9.17) is 29.7 Å². The summed E-state index contributed by atoms with van der Waals surface area (Å²) in [4.78, 5) is 92.8. The Hall–Kier alpha value is -7.13. The Morgan fingerprint density at radius 1 is 0.788 bits per heavy atom. The number of rotatable bonds is 21. The van der Waals surface area contributed by atoms with Crippen molar-refractivity contribution in [3.8, 4) is 11.3 Å². The Balaban J connectivity index is 0.704. The molecule has 66 heavy (non-hydrogen) atoms. The van der Waals surface area contributed by atoms with E-state index in [9.17, 15) is 28.8 Å². The van der Waals surface area contributed by atoms with Crippen LogP contribution in [0.15, 0.2) is 79.3 Å². The summed E-state index contributed by atoms with van der Waals surface area (Å²) in [5, 5.41) is 8.12. The average molecular weight is 903 g/mol. The quantitative estimate of drug-likeness (QED) is 0.0610. The topological polar surface area (TPSA) is 251 Å². The number of nitrogen functional groups attached to an aromatic ring is 1. The lowest BCUT2D eigenvalue weighted by atomic mass is 10.0. The summed E-state index contributed by atoms with van der Waals surface area (Å²) in [6.45, 7) is 3.53. The number of hydrogen-bond acceptors (Lipinski definition) is 15. The van der Waals surface area contributed by atoms with Gasteiger partial charge >= 0.3 is 0 Å². The summed E-state index contributed by atoms with van der Waals surface area (Å²) in [5.41, 5.74) is 9.68. The van der Waals surface area contributed by atoms with E-state index in [0.717, 1.165) is 23.3 Å². The fraction of sp³-hybridized carbons (Fsp3) is 0.370. The standard InChI is InChI=1S/C46H50N10O10/c47-41-40-39(29-9-11-30(12-10-29)43(59)51-35-8-1-2-16-49-35)53-42(55(40)20-17-50-41)33-7-4-19-54(33)37(58)15-21-63-23-25-65-27-28-66-26-24-64-22-18-48-32-6-3-5-31-38(32)46(62)56(45(31)61)34-13-14-36(57)52-44(34)60/h1-3,5-6,8-12,16-17,20,33-34,48H,4,7,13-15,18-19,21-28H2,(H2,47,50)(H,49,51,59)(H,52,57,60)/t33-,34?/m0/s1. The number of benzene rings is 2. The lowest BCUT2D eigenvalue weighted by molar-refractivity contribution is -0.136. The minimum atomic E-state index is -1.03. The number of hydrogen-bond donors (Lipinski definition) is 4. The van der Waals surface area contributed by atoms with Crippen molar-refractivity contribution in [2.24, 2.45) is 0 Å². The lowest BCUT2D eigenvalue weighted by Gasteiger charge is -2.27. The Bertz CT molecular complexity index is 2590. The van der Waals surface area contributed by atoms with Crippen LogP contribution in [0, 0.1) is 0 Å². The molecule has 8 rings (SSSR count). The maximum absolute atomic E-state index is 13.5. The summed E-state index contributed by atoms with van der Waals surface area (Å²) in [7, 11) is 0. The van der Waals surface area contributed by atoms with Crippen molar-refractivity contribution >= 4 is 58.3 Å². The monoisotopic (exact) mass is 902 g/mol. The van der Waals surface area contributed by atoms with Crippen LogP contribution in [0.4, 0.5) is 17.3 Å². The molecule has 0 spiro atoms. The van der Waals surface area contributed by atoms with Gasteiger partial charge in [0.15, 0.2) is 0 Å². The highest BCUT2D eigenvalue weighted by Gasteiger charge is 2.45. The van der Waals surface area contributed by atoms with Crippen LogP contribution in [-0.2, 0) is 33.3 Å². The highest BCUT2D eigenvalue weighted by atomic mass is 16.6. The third-order valence-corrected chi connectivity index (χ3v) is 11.4. The molecule has 0 aliphatic carbocycles. The van der Waals surface area contributed by atoms with E-state index >= 15 is 0 Å². The molecule has 5 aromatic rings. The highest BCUT2D eigenvalue weighted by molar-refractivity contribution is 6.25. The minimum absolute atomic E-state index is 0.0399. The molecule has 3 aromatic heterocycles. The number of nitrogens with one attached hydrogen (secondary N) is 3. The molecule has 3 aliphatic rings. The van der Waals surface area contributed by atoms with Crippen molar-refractivity contribution in [1.29, 1.82) is 0 Å². The van der Waals surface area contributed by atoms with Gasteiger partial charge in [-0.25, -0.2) is 15.0 Å². The first-order valence-electron chi connectivity index (χ1n) is 21.8. The first kappa shape index (κ1) is 45.4. The van der Waals surface area contributed by atoms with E-state index in [-0.39, 0.29) is 54.9 Å². The van der Waals surface area contributed by atoms with Gasteiger partial charge in [0, 0.05) is 54.9 Å². The van der Waals surface area contributed by atoms with Gasteiger partial charge in [0.05, 0.1) is 76.4 Å². The summed E-state index contributed by atoms with van der Waals surface area (Å²) in [6, 6.07) is 15.9. The zero-order chi connectivity index (χ0) is 46.0. The normalized spacial score (nSPS) is 17.1. The molecule has 6 amide bonds. The van der Waals surface area contributed by atoms with Crippen molar-refractivity contribution in [2.45, 2.75) is 44.2 Å². The number of carbonyl (C=O) groups is 6. The van der Waals surface area contributed by atoms with E-state index in [2.05, 4.69) is 25.9 Å². The molecule has 5 N–H and O–H groups in total. The summed E-state index contributed by atoms with van der Waals surface area (Å²) in [5.74, 6) is -1.12. The van der Waals surface area contributed by atoms with E-state index in [1.54, 1.807) is 67.1 Å². The highest BCUT2D eigenvalue weighted by Crippen LogP contribution is 2.37. The molecule has 20 heteroatoms. The molecular formula is C46H50N10O10. The zero-order valence-corrected chi connectivity index (χ0v) is 36.1. The van der Waals surface area contributed by atoms with E-state index in [1.807, 2.05) is 21.4 Å². The van der Waals surface area contributed by atoms with Crippen LogP contribution >= 0.6 is 0 Å². The van der Waals surface area contributed by atoms with Crippen molar-refractivity contribution in [2.75, 3.05) is 82.3 Å². The van der Waals surface area contributed by atoms with Crippen LogP contribution in [0.25, 0.3) is 16.8 Å². The maximum atomic E-state index is 13.5. The fourth-order valence-electron chi connectivity index (χ4n) is 8.25. The fourth-order valence-corrected chi connectivity index (χ4v) is 8.25. The number of nitrogens with two attached hydrogens (primary N) is 1. The summed E-state index contributed by atoms with van der Waals surface area (Å²) < 4.78 is 24.5. The molecular weight excluding hydrogens is 853 g/mol.